The van der Waals surface area contributed by atoms with Crippen LogP contribution in [0.5, 0.6) is 0 Å². The monoisotopic (exact) mass is 301 g/mol. The summed E-state index contributed by atoms with van der Waals surface area (Å²) in [5, 5.41) is 2.61. The Hall–Kier alpha value is -1.26. The van der Waals surface area contributed by atoms with E-state index in [0.717, 1.165) is 12.8 Å². The Bertz CT molecular complexity index is 279. The van der Waals surface area contributed by atoms with Crippen LogP contribution >= 0.6 is 0 Å². The van der Waals surface area contributed by atoms with Crippen molar-refractivity contribution in [2.75, 3.05) is 19.8 Å². The lowest BCUT2D eigenvalue weighted by Crippen LogP contribution is -2.27. The molecule has 0 aliphatic carbocycles. The van der Waals surface area contributed by atoms with E-state index in [1.54, 1.807) is 0 Å². The van der Waals surface area contributed by atoms with E-state index in [2.05, 4.69) is 12.2 Å². The Labute approximate surface area is 128 Å². The van der Waals surface area contributed by atoms with E-state index in [9.17, 15) is 9.59 Å². The summed E-state index contributed by atoms with van der Waals surface area (Å²) in [7, 11) is 0. The second-order valence-corrected chi connectivity index (χ2v) is 5.66. The van der Waals surface area contributed by atoms with Gasteiger partial charge in [0.15, 0.2) is 0 Å². The second-order valence-electron chi connectivity index (χ2n) is 5.66. The molecule has 21 heavy (non-hydrogen) atoms. The molecule has 0 atom stereocenters. The van der Waals surface area contributed by atoms with Crippen LogP contribution in [-0.4, -0.2) is 31.8 Å². The van der Waals surface area contributed by atoms with Gasteiger partial charge in [0.1, 0.15) is 0 Å². The summed E-state index contributed by atoms with van der Waals surface area (Å²) in [6.07, 6.45) is 6.20. The van der Waals surface area contributed by atoms with E-state index in [0.29, 0.717) is 38.5 Å². The first-order valence-corrected chi connectivity index (χ1v) is 8.12. The van der Waals surface area contributed by atoms with Gasteiger partial charge >= 0.3 is 12.1 Å². The van der Waals surface area contributed by atoms with Crippen molar-refractivity contribution in [1.29, 1.82) is 0 Å². The molecule has 0 saturated heterocycles. The fraction of sp³-hybridized carbons (Fsp3) is 0.875. The Morgan fingerprint density at radius 3 is 2.38 bits per heavy atom. The van der Waals surface area contributed by atoms with Crippen molar-refractivity contribution in [2.45, 2.75) is 65.7 Å². The summed E-state index contributed by atoms with van der Waals surface area (Å²) in [6, 6.07) is 0. The van der Waals surface area contributed by atoms with Gasteiger partial charge in [-0.15, -0.1) is 0 Å². The molecule has 0 aliphatic heterocycles. The first kappa shape index (κ1) is 19.7. The number of hydrogen-bond donors (Lipinski definition) is 1. The third-order valence-corrected chi connectivity index (χ3v) is 2.89. The number of nitrogens with one attached hydrogen (secondary N) is 1. The van der Waals surface area contributed by atoms with Crippen molar-refractivity contribution in [3.63, 3.8) is 0 Å². The Morgan fingerprint density at radius 2 is 1.71 bits per heavy atom. The standard InChI is InChI=1S/C16H31NO4/c1-4-5-6-7-8-12-20-15(18)10-9-11-17-16(19)21-13-14(2)3/h14H,4-13H2,1-3H3,(H,17,19). The van der Waals surface area contributed by atoms with Crippen LogP contribution in [0.25, 0.3) is 0 Å². The average molecular weight is 301 g/mol. The van der Waals surface area contributed by atoms with Crippen LogP contribution in [0.2, 0.25) is 0 Å². The number of unbranched alkanes of at least 4 members (excludes halogenated alkanes) is 4. The number of esters is 1. The van der Waals surface area contributed by atoms with E-state index in [4.69, 9.17) is 9.47 Å². The summed E-state index contributed by atoms with van der Waals surface area (Å²) in [5.41, 5.74) is 0. The maximum Gasteiger partial charge on any atom is 0.407 e. The Morgan fingerprint density at radius 1 is 1.00 bits per heavy atom. The highest BCUT2D eigenvalue weighted by Crippen LogP contribution is 2.03. The van der Waals surface area contributed by atoms with E-state index in [1.807, 2.05) is 13.8 Å². The van der Waals surface area contributed by atoms with Crippen LogP contribution in [0.1, 0.15) is 65.7 Å². The minimum atomic E-state index is -0.423. The lowest BCUT2D eigenvalue weighted by atomic mass is 10.2. The van der Waals surface area contributed by atoms with Gasteiger partial charge in [0, 0.05) is 13.0 Å². The molecule has 5 nitrogen and oxygen atoms in total. The SMILES string of the molecule is CCCCCCCOC(=O)CCCNC(=O)OCC(C)C. The molecule has 0 aromatic heterocycles. The molecular weight excluding hydrogens is 270 g/mol. The first-order chi connectivity index (χ1) is 10.1. The molecule has 0 heterocycles. The number of rotatable bonds is 12. The molecule has 5 heteroatoms. The topological polar surface area (TPSA) is 64.6 Å². The highest BCUT2D eigenvalue weighted by Gasteiger charge is 2.05. The zero-order chi connectivity index (χ0) is 15.9. The lowest BCUT2D eigenvalue weighted by molar-refractivity contribution is -0.143. The van der Waals surface area contributed by atoms with Crippen molar-refractivity contribution in [1.82, 2.24) is 5.32 Å². The van der Waals surface area contributed by atoms with Gasteiger partial charge in [0.05, 0.1) is 13.2 Å². The molecule has 0 radical (unpaired) electrons. The molecule has 1 N–H and O–H groups in total. The van der Waals surface area contributed by atoms with Gasteiger partial charge in [-0.2, -0.15) is 0 Å². The number of ether oxygens (including phenoxy) is 2. The maximum absolute atomic E-state index is 11.4. The van der Waals surface area contributed by atoms with Crippen LogP contribution in [0, 0.1) is 5.92 Å². The molecule has 0 spiro atoms. The molecule has 0 unspecified atom stereocenters. The van der Waals surface area contributed by atoms with Gasteiger partial charge < -0.3 is 14.8 Å². The zero-order valence-corrected chi connectivity index (χ0v) is 13.8. The fourth-order valence-corrected chi connectivity index (χ4v) is 1.68. The molecule has 1 amide bonds. The highest BCUT2D eigenvalue weighted by atomic mass is 16.5. The van der Waals surface area contributed by atoms with Gasteiger partial charge in [-0.25, -0.2) is 4.79 Å². The quantitative estimate of drug-likeness (QED) is 0.441. The number of amides is 1. The van der Waals surface area contributed by atoms with Crippen LogP contribution in [0.15, 0.2) is 0 Å². The van der Waals surface area contributed by atoms with Gasteiger partial charge in [-0.05, 0) is 18.8 Å². The van der Waals surface area contributed by atoms with Crippen LogP contribution in [-0.2, 0) is 14.3 Å². The van der Waals surface area contributed by atoms with Gasteiger partial charge in [-0.1, -0.05) is 46.5 Å². The number of carbonyl (C=O) groups is 2. The fourth-order valence-electron chi connectivity index (χ4n) is 1.68. The van der Waals surface area contributed by atoms with Crippen molar-refractivity contribution in [2.24, 2.45) is 5.92 Å². The van der Waals surface area contributed by atoms with Crippen LogP contribution in [0.3, 0.4) is 0 Å². The first-order valence-electron chi connectivity index (χ1n) is 8.12. The van der Waals surface area contributed by atoms with Crippen molar-refractivity contribution in [3.05, 3.63) is 0 Å². The van der Waals surface area contributed by atoms with Crippen molar-refractivity contribution >= 4 is 12.1 Å². The van der Waals surface area contributed by atoms with E-state index in [1.165, 1.54) is 19.3 Å². The average Bonchev–Trinajstić information content (AvgIpc) is 2.45. The summed E-state index contributed by atoms with van der Waals surface area (Å²) in [6.45, 7) is 7.48. The minimum Gasteiger partial charge on any atom is -0.466 e. The number of hydrogen-bond acceptors (Lipinski definition) is 4. The predicted molar refractivity (Wildman–Crippen MR) is 83.1 cm³/mol. The van der Waals surface area contributed by atoms with Gasteiger partial charge in [-0.3, -0.25) is 4.79 Å². The molecule has 0 rings (SSSR count). The molecule has 0 bridgehead atoms. The van der Waals surface area contributed by atoms with Crippen molar-refractivity contribution in [3.8, 4) is 0 Å². The van der Waals surface area contributed by atoms with Crippen molar-refractivity contribution < 1.29 is 19.1 Å². The summed E-state index contributed by atoms with van der Waals surface area (Å²) in [5.74, 6) is 0.130. The predicted octanol–water partition coefficient (Wildman–Crippen LogP) is 3.66. The summed E-state index contributed by atoms with van der Waals surface area (Å²) < 4.78 is 10.1. The van der Waals surface area contributed by atoms with Crippen LogP contribution < -0.4 is 5.32 Å². The molecule has 0 fully saturated rings. The molecular formula is C16H31NO4. The lowest BCUT2D eigenvalue weighted by Gasteiger charge is -2.08. The maximum atomic E-state index is 11.4. The summed E-state index contributed by atoms with van der Waals surface area (Å²) >= 11 is 0. The Balaban J connectivity index is 3.35. The molecule has 0 aromatic rings. The largest absolute Gasteiger partial charge is 0.466 e. The van der Waals surface area contributed by atoms with E-state index in [-0.39, 0.29) is 5.97 Å². The van der Waals surface area contributed by atoms with E-state index >= 15 is 0 Å². The second kappa shape index (κ2) is 13.7. The van der Waals surface area contributed by atoms with Gasteiger partial charge in [0.2, 0.25) is 0 Å². The summed E-state index contributed by atoms with van der Waals surface area (Å²) in [4.78, 5) is 22.7. The third-order valence-electron chi connectivity index (χ3n) is 2.89. The zero-order valence-electron chi connectivity index (χ0n) is 13.8. The van der Waals surface area contributed by atoms with Crippen LogP contribution in [0.4, 0.5) is 4.79 Å². The minimum absolute atomic E-state index is 0.192. The normalized spacial score (nSPS) is 10.5. The van der Waals surface area contributed by atoms with Gasteiger partial charge in [0.25, 0.3) is 0 Å². The third kappa shape index (κ3) is 15.0. The molecule has 0 saturated carbocycles. The number of carbonyl (C=O) groups excluding carboxylic acids is 2. The molecule has 0 aliphatic rings. The number of alkyl carbamates (subject to hydrolysis) is 1. The molecule has 0 aromatic carbocycles. The highest BCUT2D eigenvalue weighted by molar-refractivity contribution is 5.69. The van der Waals surface area contributed by atoms with E-state index < -0.39 is 6.09 Å². The Kier molecular flexibility index (Phi) is 12.9. The smallest absolute Gasteiger partial charge is 0.407 e. The molecule has 124 valence electrons.